The molecule has 0 amide bonds. The number of halogens is 2. The lowest BCUT2D eigenvalue weighted by Gasteiger charge is -2.17. The zero-order valence-corrected chi connectivity index (χ0v) is 11.5. The first-order valence-electron chi connectivity index (χ1n) is 5.49. The van der Waals surface area contributed by atoms with Crippen LogP contribution >= 0.6 is 15.9 Å². The second kappa shape index (κ2) is 5.60. The lowest BCUT2D eigenvalue weighted by molar-refractivity contribution is 0.505. The molecule has 0 fully saturated rings. The largest absolute Gasteiger partial charge is 0.271 e. The van der Waals surface area contributed by atoms with Crippen molar-refractivity contribution in [1.29, 1.82) is 0 Å². The highest BCUT2D eigenvalue weighted by Crippen LogP contribution is 2.25. The molecule has 0 bridgehead atoms. The molecule has 0 saturated heterocycles. The van der Waals surface area contributed by atoms with Gasteiger partial charge in [0.15, 0.2) is 0 Å². The smallest absolute Gasteiger partial charge is 0.123 e. The molecule has 6 heteroatoms. The van der Waals surface area contributed by atoms with E-state index in [2.05, 4.69) is 26.5 Å². The van der Waals surface area contributed by atoms with Crippen molar-refractivity contribution in [3.05, 3.63) is 52.0 Å². The summed E-state index contributed by atoms with van der Waals surface area (Å²) in [7, 11) is 1.84. The quantitative estimate of drug-likeness (QED) is 0.671. The van der Waals surface area contributed by atoms with Crippen molar-refractivity contribution in [3.8, 4) is 0 Å². The molecule has 1 aromatic carbocycles. The highest BCUT2D eigenvalue weighted by atomic mass is 79.9. The molecule has 96 valence electrons. The third-order valence-electron chi connectivity index (χ3n) is 2.80. The summed E-state index contributed by atoms with van der Waals surface area (Å²) in [4.78, 5) is 0. The summed E-state index contributed by atoms with van der Waals surface area (Å²) in [6, 6.07) is 6.37. The van der Waals surface area contributed by atoms with Crippen molar-refractivity contribution >= 4 is 15.9 Å². The molecule has 2 aromatic rings. The van der Waals surface area contributed by atoms with Crippen LogP contribution in [0.25, 0.3) is 0 Å². The van der Waals surface area contributed by atoms with Gasteiger partial charge in [-0.1, -0.05) is 12.1 Å². The Bertz CT molecular complexity index is 521. The number of benzene rings is 1. The van der Waals surface area contributed by atoms with Crippen LogP contribution in [0.3, 0.4) is 0 Å². The Morgan fingerprint density at radius 2 is 2.33 bits per heavy atom. The van der Waals surface area contributed by atoms with E-state index in [0.29, 0.717) is 6.42 Å². The van der Waals surface area contributed by atoms with Crippen LogP contribution < -0.4 is 11.3 Å². The normalized spacial score (nSPS) is 12.7. The molecule has 0 aliphatic rings. The highest BCUT2D eigenvalue weighted by molar-refractivity contribution is 9.10. The number of hydrazine groups is 1. The fourth-order valence-electron chi connectivity index (χ4n) is 1.95. The Morgan fingerprint density at radius 1 is 1.56 bits per heavy atom. The summed E-state index contributed by atoms with van der Waals surface area (Å²) in [6.45, 7) is 0. The number of aryl methyl sites for hydroxylation is 1. The maximum absolute atomic E-state index is 13.1. The second-order valence-electron chi connectivity index (χ2n) is 4.05. The average Bonchev–Trinajstić information content (AvgIpc) is 2.67. The molecule has 0 aliphatic carbocycles. The predicted octanol–water partition coefficient (Wildman–Crippen LogP) is 2.07. The number of hydrogen-bond donors (Lipinski definition) is 2. The van der Waals surface area contributed by atoms with Gasteiger partial charge >= 0.3 is 0 Å². The number of nitrogens with zero attached hydrogens (tertiary/aromatic N) is 2. The molecule has 0 radical (unpaired) electrons. The van der Waals surface area contributed by atoms with Gasteiger partial charge < -0.3 is 0 Å². The van der Waals surface area contributed by atoms with Gasteiger partial charge in [0.25, 0.3) is 0 Å². The Morgan fingerprint density at radius 3 is 2.89 bits per heavy atom. The Labute approximate surface area is 113 Å². The van der Waals surface area contributed by atoms with Crippen molar-refractivity contribution in [1.82, 2.24) is 15.2 Å². The second-order valence-corrected chi connectivity index (χ2v) is 4.91. The van der Waals surface area contributed by atoms with Crippen LogP contribution in [-0.2, 0) is 13.5 Å². The molecule has 1 unspecified atom stereocenters. The topological polar surface area (TPSA) is 55.9 Å². The van der Waals surface area contributed by atoms with E-state index >= 15 is 0 Å². The summed E-state index contributed by atoms with van der Waals surface area (Å²) in [6.07, 6.45) is 2.30. The minimum atomic E-state index is -0.243. The van der Waals surface area contributed by atoms with E-state index in [0.717, 1.165) is 15.7 Å². The average molecular weight is 313 g/mol. The van der Waals surface area contributed by atoms with Crippen molar-refractivity contribution in [3.63, 3.8) is 0 Å². The van der Waals surface area contributed by atoms with Crippen molar-refractivity contribution in [2.45, 2.75) is 12.5 Å². The van der Waals surface area contributed by atoms with Crippen LogP contribution in [0.5, 0.6) is 0 Å². The zero-order chi connectivity index (χ0) is 13.1. The van der Waals surface area contributed by atoms with Crippen molar-refractivity contribution in [2.75, 3.05) is 0 Å². The number of nitrogens with two attached hydrogens (primary N) is 1. The molecule has 4 nitrogen and oxygen atoms in total. The first kappa shape index (κ1) is 13.2. The molecule has 2 rings (SSSR count). The van der Waals surface area contributed by atoms with E-state index in [4.69, 9.17) is 5.84 Å². The first-order valence-corrected chi connectivity index (χ1v) is 6.29. The van der Waals surface area contributed by atoms with E-state index < -0.39 is 0 Å². The molecule has 1 atom stereocenters. The van der Waals surface area contributed by atoms with Crippen molar-refractivity contribution in [2.24, 2.45) is 12.9 Å². The van der Waals surface area contributed by atoms with Gasteiger partial charge in [0.05, 0.1) is 22.4 Å². The summed E-state index contributed by atoms with van der Waals surface area (Å²) >= 11 is 3.43. The van der Waals surface area contributed by atoms with Gasteiger partial charge in [0, 0.05) is 7.05 Å². The first-order chi connectivity index (χ1) is 8.61. The number of hydrogen-bond acceptors (Lipinski definition) is 3. The van der Waals surface area contributed by atoms with Crippen LogP contribution in [-0.4, -0.2) is 9.78 Å². The predicted molar refractivity (Wildman–Crippen MR) is 71.1 cm³/mol. The number of nitrogens with one attached hydrogen (secondary N) is 1. The van der Waals surface area contributed by atoms with Gasteiger partial charge in [-0.3, -0.25) is 16.0 Å². The third kappa shape index (κ3) is 2.77. The number of rotatable bonds is 4. The molecule has 18 heavy (non-hydrogen) atoms. The molecule has 1 aromatic heterocycles. The van der Waals surface area contributed by atoms with Crippen LogP contribution in [0, 0.1) is 5.82 Å². The minimum Gasteiger partial charge on any atom is -0.271 e. The molecule has 1 heterocycles. The van der Waals surface area contributed by atoms with Crippen molar-refractivity contribution < 1.29 is 4.39 Å². The summed E-state index contributed by atoms with van der Waals surface area (Å²) in [5.74, 6) is 5.34. The summed E-state index contributed by atoms with van der Waals surface area (Å²) in [5, 5.41) is 4.14. The Kier molecular flexibility index (Phi) is 4.11. The van der Waals surface area contributed by atoms with Gasteiger partial charge in [-0.05, 0) is 40.0 Å². The maximum Gasteiger partial charge on any atom is 0.123 e. The lowest BCUT2D eigenvalue weighted by atomic mass is 10.0. The summed E-state index contributed by atoms with van der Waals surface area (Å²) < 4.78 is 15.8. The molecular weight excluding hydrogens is 299 g/mol. The Balaban J connectivity index is 2.25. The molecule has 0 spiro atoms. The highest BCUT2D eigenvalue weighted by Gasteiger charge is 2.18. The molecular formula is C12H14BrFN4. The third-order valence-corrected chi connectivity index (χ3v) is 3.41. The van der Waals surface area contributed by atoms with Crippen LogP contribution in [0.2, 0.25) is 0 Å². The van der Waals surface area contributed by atoms with Crippen LogP contribution in [0.1, 0.15) is 17.3 Å². The zero-order valence-electron chi connectivity index (χ0n) is 9.90. The molecule has 0 aliphatic heterocycles. The van der Waals surface area contributed by atoms with Gasteiger partial charge in [-0.25, -0.2) is 4.39 Å². The monoisotopic (exact) mass is 312 g/mol. The molecule has 0 saturated carbocycles. The summed E-state index contributed by atoms with van der Waals surface area (Å²) in [5.41, 5.74) is 4.55. The fourth-order valence-corrected chi connectivity index (χ4v) is 2.57. The molecule has 3 N–H and O–H groups in total. The van der Waals surface area contributed by atoms with E-state index in [1.165, 1.54) is 12.1 Å². The van der Waals surface area contributed by atoms with Gasteiger partial charge in [-0.15, -0.1) is 0 Å². The Hall–Kier alpha value is -1.24. The fraction of sp³-hybridized carbons (Fsp3) is 0.250. The van der Waals surface area contributed by atoms with Gasteiger partial charge in [0.2, 0.25) is 0 Å². The van der Waals surface area contributed by atoms with Gasteiger partial charge in [-0.2, -0.15) is 5.10 Å². The standard InChI is InChI=1S/C12H14BrFN4/c1-18-12(10(13)7-16-18)11(17-15)6-8-3-2-4-9(14)5-8/h2-5,7,11,17H,6,15H2,1H3. The van der Waals surface area contributed by atoms with E-state index in [1.807, 2.05) is 13.1 Å². The maximum atomic E-state index is 13.1. The van der Waals surface area contributed by atoms with Crippen LogP contribution in [0.15, 0.2) is 34.9 Å². The lowest BCUT2D eigenvalue weighted by Crippen LogP contribution is -2.31. The SMILES string of the molecule is Cn1ncc(Br)c1C(Cc1cccc(F)c1)NN. The van der Waals surface area contributed by atoms with E-state index in [-0.39, 0.29) is 11.9 Å². The number of aromatic nitrogens is 2. The van der Waals surface area contributed by atoms with Gasteiger partial charge in [0.1, 0.15) is 5.82 Å². The van der Waals surface area contributed by atoms with Crippen LogP contribution in [0.4, 0.5) is 4.39 Å². The minimum absolute atomic E-state index is 0.131. The van der Waals surface area contributed by atoms with E-state index in [9.17, 15) is 4.39 Å². The van der Waals surface area contributed by atoms with E-state index in [1.54, 1.807) is 16.9 Å².